The van der Waals surface area contributed by atoms with Gasteiger partial charge in [0.25, 0.3) is 11.6 Å². The summed E-state index contributed by atoms with van der Waals surface area (Å²) in [5, 5.41) is 26.2. The highest BCUT2D eigenvalue weighted by atomic mass is 19.1. The lowest BCUT2D eigenvalue weighted by atomic mass is 10.1. The predicted molar refractivity (Wildman–Crippen MR) is 67.5 cm³/mol. The number of anilines is 1. The summed E-state index contributed by atoms with van der Waals surface area (Å²) in [4.78, 5) is 22.1. The van der Waals surface area contributed by atoms with E-state index in [1.165, 1.54) is 0 Å². The monoisotopic (exact) mass is 295 g/mol. The second kappa shape index (κ2) is 5.48. The van der Waals surface area contributed by atoms with Crippen LogP contribution in [0.2, 0.25) is 0 Å². The third-order valence-corrected chi connectivity index (χ3v) is 2.65. The smallest absolute Gasteiger partial charge is 0.285 e. The first-order valence-corrected chi connectivity index (χ1v) is 5.67. The molecule has 1 aromatic heterocycles. The molecule has 0 aliphatic heterocycles. The van der Waals surface area contributed by atoms with Crippen molar-refractivity contribution in [3.05, 3.63) is 39.5 Å². The number of H-pyrrole nitrogens is 1. The summed E-state index contributed by atoms with van der Waals surface area (Å²) in [5.74, 6) is -1.57. The number of rotatable bonds is 4. The van der Waals surface area contributed by atoms with Gasteiger partial charge in [0, 0.05) is 0 Å². The molecule has 1 amide bonds. The van der Waals surface area contributed by atoms with E-state index in [1.807, 2.05) is 0 Å². The fourth-order valence-corrected chi connectivity index (χ4v) is 1.60. The van der Waals surface area contributed by atoms with E-state index in [4.69, 9.17) is 5.73 Å². The van der Waals surface area contributed by atoms with E-state index in [0.717, 1.165) is 6.07 Å². The number of nitrogens with one attached hydrogen (secondary N) is 2. The van der Waals surface area contributed by atoms with Gasteiger partial charge >= 0.3 is 0 Å². The van der Waals surface area contributed by atoms with Crippen LogP contribution < -0.4 is 11.1 Å². The van der Waals surface area contributed by atoms with Gasteiger partial charge in [-0.1, -0.05) is 5.21 Å². The topological polar surface area (TPSA) is 153 Å². The molecule has 0 radical (unpaired) electrons. The van der Waals surface area contributed by atoms with Gasteiger partial charge in [-0.25, -0.2) is 4.39 Å². The van der Waals surface area contributed by atoms with Crippen LogP contribution in [0.5, 0.6) is 0 Å². The number of halogens is 1. The minimum absolute atomic E-state index is 0.195. The van der Waals surface area contributed by atoms with Crippen LogP contribution >= 0.6 is 0 Å². The van der Waals surface area contributed by atoms with Crippen molar-refractivity contribution in [2.75, 3.05) is 5.73 Å². The largest absolute Gasteiger partial charge is 0.396 e. The number of nitrogens with zero attached hydrogens (tertiary/aromatic N) is 4. The fourth-order valence-electron chi connectivity index (χ4n) is 1.60. The van der Waals surface area contributed by atoms with Gasteiger partial charge in [0.2, 0.25) is 0 Å². The van der Waals surface area contributed by atoms with Gasteiger partial charge in [0.15, 0.2) is 11.6 Å². The maximum Gasteiger partial charge on any atom is 0.285 e. The standard InChI is InChI=1S/C10H10FN7O3/c1-4(9-14-16-17-15-9)13-10(19)5-2-7(12)6(11)3-8(5)18(20)21/h2-4H,12H2,1H3,(H,13,19)(H,14,15,16,17). The summed E-state index contributed by atoms with van der Waals surface area (Å²) in [6.07, 6.45) is 0. The lowest BCUT2D eigenvalue weighted by Gasteiger charge is -2.10. The quantitative estimate of drug-likeness (QED) is 0.417. The molecule has 0 aliphatic rings. The number of carbonyl (C=O) groups excluding carboxylic acids is 1. The van der Waals surface area contributed by atoms with Crippen LogP contribution in [0.1, 0.15) is 29.1 Å². The Kier molecular flexibility index (Phi) is 3.73. The maximum absolute atomic E-state index is 13.3. The Hall–Kier alpha value is -3.11. The molecule has 0 saturated heterocycles. The molecule has 4 N–H and O–H groups in total. The molecule has 21 heavy (non-hydrogen) atoms. The maximum atomic E-state index is 13.3. The Labute approximate surface area is 116 Å². The normalized spacial score (nSPS) is 11.9. The zero-order valence-electron chi connectivity index (χ0n) is 10.7. The van der Waals surface area contributed by atoms with E-state index in [1.54, 1.807) is 6.92 Å². The summed E-state index contributed by atoms with van der Waals surface area (Å²) in [7, 11) is 0. The number of hydrogen-bond acceptors (Lipinski definition) is 7. The molecule has 0 aliphatic carbocycles. The van der Waals surface area contributed by atoms with Gasteiger partial charge in [0.1, 0.15) is 5.56 Å². The van der Waals surface area contributed by atoms with Gasteiger partial charge in [-0.3, -0.25) is 14.9 Å². The van der Waals surface area contributed by atoms with Gasteiger partial charge in [0.05, 0.1) is 22.7 Å². The van der Waals surface area contributed by atoms with E-state index in [9.17, 15) is 19.3 Å². The van der Waals surface area contributed by atoms with Gasteiger partial charge in [-0.15, -0.1) is 10.2 Å². The molecule has 11 heteroatoms. The Bertz CT molecular complexity index is 688. The molecular weight excluding hydrogens is 285 g/mol. The zero-order valence-corrected chi connectivity index (χ0v) is 10.7. The SMILES string of the molecule is CC(NC(=O)c1cc(N)c(F)cc1[N+](=O)[O-])c1nn[nH]n1. The van der Waals surface area contributed by atoms with Crippen LogP contribution in [-0.4, -0.2) is 31.5 Å². The van der Waals surface area contributed by atoms with Crippen molar-refractivity contribution in [3.63, 3.8) is 0 Å². The fraction of sp³-hybridized carbons (Fsp3) is 0.200. The van der Waals surface area contributed by atoms with Crippen molar-refractivity contribution >= 4 is 17.3 Å². The molecule has 110 valence electrons. The van der Waals surface area contributed by atoms with Gasteiger partial charge in [-0.05, 0) is 13.0 Å². The van der Waals surface area contributed by atoms with Crippen molar-refractivity contribution in [2.24, 2.45) is 0 Å². The van der Waals surface area contributed by atoms with E-state index >= 15 is 0 Å². The summed E-state index contributed by atoms with van der Waals surface area (Å²) < 4.78 is 13.3. The Balaban J connectivity index is 2.30. The number of nitro benzene ring substituents is 1. The summed E-state index contributed by atoms with van der Waals surface area (Å²) in [6, 6.07) is 0.858. The third kappa shape index (κ3) is 2.91. The number of aromatic amines is 1. The minimum atomic E-state index is -0.968. The van der Waals surface area contributed by atoms with Crippen LogP contribution in [0.25, 0.3) is 0 Å². The number of nitrogen functional groups attached to an aromatic ring is 1. The molecule has 0 spiro atoms. The van der Waals surface area contributed by atoms with Gasteiger partial charge in [-0.2, -0.15) is 5.21 Å². The number of nitro groups is 1. The number of tetrazole rings is 1. The lowest BCUT2D eigenvalue weighted by molar-refractivity contribution is -0.385. The van der Waals surface area contributed by atoms with Crippen LogP contribution in [-0.2, 0) is 0 Å². The molecule has 1 unspecified atom stereocenters. The second-order valence-corrected chi connectivity index (χ2v) is 4.11. The molecule has 1 atom stereocenters. The van der Waals surface area contributed by atoms with Crippen LogP contribution in [0.4, 0.5) is 15.8 Å². The highest BCUT2D eigenvalue weighted by Gasteiger charge is 2.25. The Morgan fingerprint density at radius 3 is 2.86 bits per heavy atom. The Morgan fingerprint density at radius 2 is 2.29 bits per heavy atom. The number of nitrogens with two attached hydrogens (primary N) is 1. The second-order valence-electron chi connectivity index (χ2n) is 4.11. The molecule has 1 aromatic carbocycles. The average Bonchev–Trinajstić information content (AvgIpc) is 2.95. The first kappa shape index (κ1) is 14.3. The molecule has 1 heterocycles. The number of aromatic nitrogens is 4. The third-order valence-electron chi connectivity index (χ3n) is 2.65. The van der Waals surface area contributed by atoms with Gasteiger partial charge < -0.3 is 11.1 Å². The molecule has 0 fully saturated rings. The van der Waals surface area contributed by atoms with Crippen molar-refractivity contribution in [1.29, 1.82) is 0 Å². The first-order chi connectivity index (χ1) is 9.90. The number of hydrogen-bond donors (Lipinski definition) is 3. The van der Waals surface area contributed by atoms with E-state index < -0.39 is 28.4 Å². The Morgan fingerprint density at radius 1 is 1.57 bits per heavy atom. The summed E-state index contributed by atoms with van der Waals surface area (Å²) in [6.45, 7) is 1.56. The van der Waals surface area contributed by atoms with Crippen molar-refractivity contribution in [2.45, 2.75) is 13.0 Å². The predicted octanol–water partition coefficient (Wildman–Crippen LogP) is 0.320. The molecule has 0 bridgehead atoms. The van der Waals surface area contributed by atoms with E-state index in [-0.39, 0.29) is 17.1 Å². The highest BCUT2D eigenvalue weighted by Crippen LogP contribution is 2.24. The molecular formula is C10H10FN7O3. The lowest BCUT2D eigenvalue weighted by Crippen LogP contribution is -2.28. The molecule has 0 saturated carbocycles. The minimum Gasteiger partial charge on any atom is -0.396 e. The van der Waals surface area contributed by atoms with Crippen LogP contribution in [0.15, 0.2) is 12.1 Å². The van der Waals surface area contributed by atoms with E-state index in [2.05, 4.69) is 25.9 Å². The molecule has 2 rings (SSSR count). The van der Waals surface area contributed by atoms with Crippen LogP contribution in [0.3, 0.4) is 0 Å². The van der Waals surface area contributed by atoms with Crippen LogP contribution in [0, 0.1) is 15.9 Å². The van der Waals surface area contributed by atoms with Crippen molar-refractivity contribution in [3.8, 4) is 0 Å². The van der Waals surface area contributed by atoms with Crippen molar-refractivity contribution in [1.82, 2.24) is 25.9 Å². The number of amides is 1. The highest BCUT2D eigenvalue weighted by molar-refractivity contribution is 5.99. The summed E-state index contributed by atoms with van der Waals surface area (Å²) in [5.41, 5.74) is 3.94. The number of carbonyl (C=O) groups is 1. The first-order valence-electron chi connectivity index (χ1n) is 5.67. The van der Waals surface area contributed by atoms with E-state index in [0.29, 0.717) is 6.07 Å². The van der Waals surface area contributed by atoms with Crippen molar-refractivity contribution < 1.29 is 14.1 Å². The zero-order chi connectivity index (χ0) is 15.6. The average molecular weight is 295 g/mol. The summed E-state index contributed by atoms with van der Waals surface area (Å²) >= 11 is 0. The number of benzene rings is 1. The molecule has 2 aromatic rings. The molecule has 10 nitrogen and oxygen atoms in total.